The number of nitrogens with two attached hydrogens (primary N) is 2. The smallest absolute Gasteiger partial charge is 0.0568 e. The summed E-state index contributed by atoms with van der Waals surface area (Å²) in [6, 6.07) is 5.70. The van der Waals surface area contributed by atoms with E-state index in [0.29, 0.717) is 11.4 Å². The van der Waals surface area contributed by atoms with E-state index in [2.05, 4.69) is 10.2 Å². The van der Waals surface area contributed by atoms with E-state index < -0.39 is 0 Å². The summed E-state index contributed by atoms with van der Waals surface area (Å²) in [5.74, 6) is 0. The average Bonchev–Trinajstić information content (AvgIpc) is 2.18. The van der Waals surface area contributed by atoms with Crippen LogP contribution in [0, 0.1) is 0 Å². The molecular weight excluding hydrogens is 176 g/mol. The van der Waals surface area contributed by atoms with Crippen LogP contribution in [0.3, 0.4) is 0 Å². The van der Waals surface area contributed by atoms with Crippen LogP contribution in [-0.4, -0.2) is 27.2 Å². The first-order valence-electron chi connectivity index (χ1n) is 4.66. The number of benzene rings is 1. The van der Waals surface area contributed by atoms with E-state index in [4.69, 9.17) is 11.5 Å². The molecular formula is C10H18N4. The van der Waals surface area contributed by atoms with Crippen molar-refractivity contribution >= 4 is 17.1 Å². The second-order valence-corrected chi connectivity index (χ2v) is 3.34. The summed E-state index contributed by atoms with van der Waals surface area (Å²) in [7, 11) is 3.97. The standard InChI is InChI=1S/C10H18N4/c1-13-5-6-14(2)8-3-4-9(11)10(12)7-8/h3-4,7,13H,5-6,11-12H2,1-2H3. The number of nitrogens with one attached hydrogen (secondary N) is 1. The summed E-state index contributed by atoms with van der Waals surface area (Å²) in [5, 5.41) is 3.10. The molecule has 14 heavy (non-hydrogen) atoms. The van der Waals surface area contributed by atoms with E-state index in [1.54, 1.807) is 0 Å². The van der Waals surface area contributed by atoms with Gasteiger partial charge in [0.2, 0.25) is 0 Å². The zero-order valence-electron chi connectivity index (χ0n) is 8.75. The lowest BCUT2D eigenvalue weighted by Crippen LogP contribution is -2.27. The zero-order valence-corrected chi connectivity index (χ0v) is 8.75. The molecule has 78 valence electrons. The minimum Gasteiger partial charge on any atom is -0.397 e. The second kappa shape index (κ2) is 4.72. The van der Waals surface area contributed by atoms with Gasteiger partial charge in [-0.1, -0.05) is 0 Å². The highest BCUT2D eigenvalue weighted by Crippen LogP contribution is 2.21. The van der Waals surface area contributed by atoms with Crippen molar-refractivity contribution in [3.63, 3.8) is 0 Å². The highest BCUT2D eigenvalue weighted by Gasteiger charge is 2.01. The molecule has 0 aliphatic rings. The van der Waals surface area contributed by atoms with Gasteiger partial charge in [0.1, 0.15) is 0 Å². The Morgan fingerprint density at radius 1 is 1.29 bits per heavy atom. The fourth-order valence-electron chi connectivity index (χ4n) is 1.21. The van der Waals surface area contributed by atoms with Crippen LogP contribution in [0.2, 0.25) is 0 Å². The molecule has 0 heterocycles. The van der Waals surface area contributed by atoms with Crippen LogP contribution in [0.1, 0.15) is 0 Å². The predicted octanol–water partition coefficient (Wildman–Crippen LogP) is 0.507. The molecule has 0 bridgehead atoms. The van der Waals surface area contributed by atoms with Gasteiger partial charge in [0.05, 0.1) is 11.4 Å². The maximum atomic E-state index is 5.72. The van der Waals surface area contributed by atoms with Crippen molar-refractivity contribution in [1.82, 2.24) is 5.32 Å². The van der Waals surface area contributed by atoms with Crippen LogP contribution >= 0.6 is 0 Å². The molecule has 0 fully saturated rings. The van der Waals surface area contributed by atoms with Crippen LogP contribution in [-0.2, 0) is 0 Å². The maximum Gasteiger partial charge on any atom is 0.0568 e. The number of nitrogen functional groups attached to an aromatic ring is 2. The number of anilines is 3. The first kappa shape index (κ1) is 10.7. The van der Waals surface area contributed by atoms with Crippen molar-refractivity contribution in [2.75, 3.05) is 43.6 Å². The Balaban J connectivity index is 2.70. The Morgan fingerprint density at radius 3 is 2.57 bits per heavy atom. The molecule has 1 rings (SSSR count). The molecule has 1 aromatic rings. The van der Waals surface area contributed by atoms with Crippen molar-refractivity contribution in [3.05, 3.63) is 18.2 Å². The Hall–Kier alpha value is -1.42. The fraction of sp³-hybridized carbons (Fsp3) is 0.400. The molecule has 0 aliphatic heterocycles. The molecule has 0 amide bonds. The Kier molecular flexibility index (Phi) is 3.59. The molecule has 1 aromatic carbocycles. The van der Waals surface area contributed by atoms with Crippen molar-refractivity contribution in [3.8, 4) is 0 Å². The van der Waals surface area contributed by atoms with E-state index in [9.17, 15) is 0 Å². The summed E-state index contributed by atoms with van der Waals surface area (Å²) < 4.78 is 0. The third kappa shape index (κ3) is 2.53. The van der Waals surface area contributed by atoms with Crippen LogP contribution in [0.5, 0.6) is 0 Å². The third-order valence-electron chi connectivity index (χ3n) is 2.21. The van der Waals surface area contributed by atoms with Gasteiger partial charge in [-0.15, -0.1) is 0 Å². The minimum absolute atomic E-state index is 0.635. The zero-order chi connectivity index (χ0) is 10.6. The number of likely N-dealkylation sites (N-methyl/N-ethyl adjacent to an activating group) is 2. The lowest BCUT2D eigenvalue weighted by molar-refractivity contribution is 0.768. The lowest BCUT2D eigenvalue weighted by Gasteiger charge is -2.19. The third-order valence-corrected chi connectivity index (χ3v) is 2.21. The number of nitrogens with zero attached hydrogens (tertiary/aromatic N) is 1. The molecule has 0 radical (unpaired) electrons. The molecule has 0 saturated heterocycles. The summed E-state index contributed by atoms with van der Waals surface area (Å²) in [6.45, 7) is 1.89. The summed E-state index contributed by atoms with van der Waals surface area (Å²) in [5.41, 5.74) is 13.7. The first-order chi connectivity index (χ1) is 6.65. The van der Waals surface area contributed by atoms with Gasteiger partial charge >= 0.3 is 0 Å². The maximum absolute atomic E-state index is 5.72. The predicted molar refractivity (Wildman–Crippen MR) is 62.5 cm³/mol. The van der Waals surface area contributed by atoms with Gasteiger partial charge in [0.25, 0.3) is 0 Å². The molecule has 4 heteroatoms. The number of hydrogen-bond donors (Lipinski definition) is 3. The molecule has 0 aliphatic carbocycles. The number of rotatable bonds is 4. The highest BCUT2D eigenvalue weighted by molar-refractivity contribution is 5.69. The van der Waals surface area contributed by atoms with Crippen molar-refractivity contribution in [2.24, 2.45) is 0 Å². The molecule has 0 unspecified atom stereocenters. The van der Waals surface area contributed by atoms with Crippen molar-refractivity contribution in [1.29, 1.82) is 0 Å². The Labute approximate surface area is 84.9 Å². The Bertz CT molecular complexity index is 298. The van der Waals surface area contributed by atoms with E-state index in [-0.39, 0.29) is 0 Å². The molecule has 0 atom stereocenters. The average molecular weight is 194 g/mol. The van der Waals surface area contributed by atoms with E-state index in [0.717, 1.165) is 18.8 Å². The Morgan fingerprint density at radius 2 is 2.00 bits per heavy atom. The lowest BCUT2D eigenvalue weighted by atomic mass is 10.2. The van der Waals surface area contributed by atoms with E-state index >= 15 is 0 Å². The molecule has 0 aromatic heterocycles. The summed E-state index contributed by atoms with van der Waals surface area (Å²) in [6.07, 6.45) is 0. The molecule has 0 spiro atoms. The molecule has 4 nitrogen and oxygen atoms in total. The highest BCUT2D eigenvalue weighted by atomic mass is 15.1. The minimum atomic E-state index is 0.635. The van der Waals surface area contributed by atoms with Gasteiger partial charge < -0.3 is 21.7 Å². The fourth-order valence-corrected chi connectivity index (χ4v) is 1.21. The van der Waals surface area contributed by atoms with Gasteiger partial charge in [-0.3, -0.25) is 0 Å². The summed E-state index contributed by atoms with van der Waals surface area (Å²) >= 11 is 0. The van der Waals surface area contributed by atoms with Gasteiger partial charge in [-0.2, -0.15) is 0 Å². The van der Waals surface area contributed by atoms with Crippen LogP contribution in [0.4, 0.5) is 17.1 Å². The van der Waals surface area contributed by atoms with E-state index in [1.807, 2.05) is 32.3 Å². The quantitative estimate of drug-likeness (QED) is 0.611. The van der Waals surface area contributed by atoms with Crippen molar-refractivity contribution < 1.29 is 0 Å². The van der Waals surface area contributed by atoms with Gasteiger partial charge in [-0.05, 0) is 25.2 Å². The van der Waals surface area contributed by atoms with Gasteiger partial charge in [-0.25, -0.2) is 0 Å². The van der Waals surface area contributed by atoms with Crippen LogP contribution < -0.4 is 21.7 Å². The largest absolute Gasteiger partial charge is 0.397 e. The number of hydrogen-bond acceptors (Lipinski definition) is 4. The molecule has 5 N–H and O–H groups in total. The normalized spacial score (nSPS) is 10.1. The first-order valence-corrected chi connectivity index (χ1v) is 4.66. The van der Waals surface area contributed by atoms with Crippen molar-refractivity contribution in [2.45, 2.75) is 0 Å². The van der Waals surface area contributed by atoms with E-state index in [1.165, 1.54) is 0 Å². The SMILES string of the molecule is CNCCN(C)c1ccc(N)c(N)c1. The van der Waals surface area contributed by atoms with Gasteiger partial charge in [0.15, 0.2) is 0 Å². The topological polar surface area (TPSA) is 67.3 Å². The molecule has 0 saturated carbocycles. The second-order valence-electron chi connectivity index (χ2n) is 3.34. The monoisotopic (exact) mass is 194 g/mol. The van der Waals surface area contributed by atoms with Crippen LogP contribution in [0.15, 0.2) is 18.2 Å². The van der Waals surface area contributed by atoms with Crippen LogP contribution in [0.25, 0.3) is 0 Å². The summed E-state index contributed by atoms with van der Waals surface area (Å²) in [4.78, 5) is 2.13. The van der Waals surface area contributed by atoms with Gasteiger partial charge in [0, 0.05) is 25.8 Å².